The molecule has 8 heteroatoms. The molecular formula is C29H27ClN6O. The van der Waals surface area contributed by atoms with Crippen molar-refractivity contribution in [3.63, 3.8) is 0 Å². The van der Waals surface area contributed by atoms with Gasteiger partial charge < -0.3 is 9.88 Å². The number of carbonyl (C=O) groups excluding carboxylic acids is 1. The SMILES string of the molecule is Cc1ccc2c(c1)nc1n2C[C@@](NC(=O)c2c(C)cc(-n3cnc(C)n3)cc2Cl)(c2ccccc2)CC1. The van der Waals surface area contributed by atoms with Gasteiger partial charge in [0.25, 0.3) is 5.91 Å². The average Bonchev–Trinajstić information content (AvgIpc) is 3.46. The van der Waals surface area contributed by atoms with E-state index in [1.54, 1.807) is 17.1 Å². The van der Waals surface area contributed by atoms with E-state index in [1.807, 2.05) is 38.1 Å². The predicted molar refractivity (Wildman–Crippen MR) is 144 cm³/mol. The first-order valence-electron chi connectivity index (χ1n) is 12.4. The number of fused-ring (bicyclic) bond motifs is 3. The molecule has 5 aromatic rings. The van der Waals surface area contributed by atoms with E-state index in [1.165, 1.54) is 5.56 Å². The number of hydrogen-bond acceptors (Lipinski definition) is 4. The molecule has 1 amide bonds. The Morgan fingerprint density at radius 1 is 1.05 bits per heavy atom. The molecule has 3 aromatic carbocycles. The van der Waals surface area contributed by atoms with E-state index in [9.17, 15) is 4.79 Å². The number of aromatic nitrogens is 5. The molecule has 7 nitrogen and oxygen atoms in total. The zero-order valence-electron chi connectivity index (χ0n) is 21.0. The van der Waals surface area contributed by atoms with Gasteiger partial charge in [0, 0.05) is 6.42 Å². The van der Waals surface area contributed by atoms with Gasteiger partial charge in [-0.15, -0.1) is 0 Å². The Bertz CT molecular complexity index is 1630. The molecule has 0 saturated carbocycles. The Kier molecular flexibility index (Phi) is 5.60. The van der Waals surface area contributed by atoms with Crippen molar-refractivity contribution in [2.45, 2.75) is 45.7 Å². The summed E-state index contributed by atoms with van der Waals surface area (Å²) in [4.78, 5) is 23.0. The first-order valence-corrected chi connectivity index (χ1v) is 12.7. The lowest BCUT2D eigenvalue weighted by Crippen LogP contribution is -2.51. The number of nitrogens with one attached hydrogen (secondary N) is 1. The summed E-state index contributed by atoms with van der Waals surface area (Å²) in [6.07, 6.45) is 3.12. The lowest BCUT2D eigenvalue weighted by Gasteiger charge is -2.39. The van der Waals surface area contributed by atoms with Crippen molar-refractivity contribution in [3.8, 4) is 5.69 Å². The van der Waals surface area contributed by atoms with Crippen LogP contribution in [0, 0.1) is 20.8 Å². The normalized spacial score (nSPS) is 17.1. The minimum atomic E-state index is -0.610. The Hall–Kier alpha value is -3.97. The van der Waals surface area contributed by atoms with Crippen LogP contribution < -0.4 is 5.32 Å². The number of imidazole rings is 1. The van der Waals surface area contributed by atoms with Gasteiger partial charge >= 0.3 is 0 Å². The number of nitrogens with zero attached hydrogens (tertiary/aromatic N) is 5. The maximum Gasteiger partial charge on any atom is 0.253 e. The number of halogens is 1. The van der Waals surface area contributed by atoms with Crippen LogP contribution in [0.4, 0.5) is 0 Å². The van der Waals surface area contributed by atoms with Gasteiger partial charge in [0.15, 0.2) is 0 Å². The van der Waals surface area contributed by atoms with Crippen LogP contribution >= 0.6 is 11.6 Å². The summed E-state index contributed by atoms with van der Waals surface area (Å²) in [6, 6.07) is 20.2. The summed E-state index contributed by atoms with van der Waals surface area (Å²) in [5.74, 6) is 1.51. The molecular weight excluding hydrogens is 484 g/mol. The second-order valence-electron chi connectivity index (χ2n) is 9.86. The number of amides is 1. The van der Waals surface area contributed by atoms with Crippen LogP contribution in [0.2, 0.25) is 5.02 Å². The largest absolute Gasteiger partial charge is 0.341 e. The van der Waals surface area contributed by atoms with E-state index in [4.69, 9.17) is 16.6 Å². The molecule has 1 atom stereocenters. The van der Waals surface area contributed by atoms with Gasteiger partial charge in [-0.1, -0.05) is 48.0 Å². The molecule has 0 spiro atoms. The summed E-state index contributed by atoms with van der Waals surface area (Å²) in [5, 5.41) is 8.15. The summed E-state index contributed by atoms with van der Waals surface area (Å²) in [7, 11) is 0. The van der Waals surface area contributed by atoms with Crippen molar-refractivity contribution in [2.24, 2.45) is 0 Å². The molecule has 0 aliphatic carbocycles. The van der Waals surface area contributed by atoms with Gasteiger partial charge in [0.05, 0.1) is 39.4 Å². The molecule has 0 radical (unpaired) electrons. The summed E-state index contributed by atoms with van der Waals surface area (Å²) >= 11 is 6.71. The van der Waals surface area contributed by atoms with Gasteiger partial charge in [-0.05, 0) is 68.1 Å². The molecule has 6 rings (SSSR count). The first-order chi connectivity index (χ1) is 17.8. The Balaban J connectivity index is 1.40. The zero-order chi connectivity index (χ0) is 25.7. The van der Waals surface area contributed by atoms with E-state index < -0.39 is 5.54 Å². The second kappa shape index (κ2) is 8.85. The van der Waals surface area contributed by atoms with Crippen LogP contribution in [-0.2, 0) is 18.5 Å². The van der Waals surface area contributed by atoms with E-state index in [0.717, 1.165) is 46.5 Å². The average molecular weight is 511 g/mol. The Labute approximate surface area is 220 Å². The molecule has 1 aliphatic heterocycles. The molecule has 2 aromatic heterocycles. The van der Waals surface area contributed by atoms with Gasteiger partial charge in [0.2, 0.25) is 0 Å². The first kappa shape index (κ1) is 23.4. The highest BCUT2D eigenvalue weighted by atomic mass is 35.5. The van der Waals surface area contributed by atoms with Gasteiger partial charge in [-0.3, -0.25) is 4.79 Å². The maximum atomic E-state index is 13.9. The van der Waals surface area contributed by atoms with E-state index in [-0.39, 0.29) is 5.91 Å². The predicted octanol–water partition coefficient (Wildman–Crippen LogP) is 5.47. The van der Waals surface area contributed by atoms with Crippen LogP contribution in [0.3, 0.4) is 0 Å². The molecule has 0 saturated heterocycles. The monoisotopic (exact) mass is 510 g/mol. The van der Waals surface area contributed by atoms with E-state index in [2.05, 4.69) is 57.2 Å². The molecule has 3 heterocycles. The Morgan fingerprint density at radius 3 is 2.59 bits per heavy atom. The van der Waals surface area contributed by atoms with E-state index >= 15 is 0 Å². The van der Waals surface area contributed by atoms with Crippen LogP contribution in [-0.4, -0.2) is 30.2 Å². The molecule has 0 unspecified atom stereocenters. The van der Waals surface area contributed by atoms with Gasteiger partial charge in [-0.25, -0.2) is 14.6 Å². The fourth-order valence-corrected chi connectivity index (χ4v) is 5.74. The second-order valence-corrected chi connectivity index (χ2v) is 10.3. The van der Waals surface area contributed by atoms with Crippen LogP contribution in [0.25, 0.3) is 16.7 Å². The summed E-state index contributed by atoms with van der Waals surface area (Å²) in [6.45, 7) is 6.39. The number of rotatable bonds is 4. The van der Waals surface area contributed by atoms with Gasteiger partial charge in [0.1, 0.15) is 18.0 Å². The standard InChI is InChI=1S/C29H27ClN6O/c1-18-9-10-25-24(13-18)32-26-11-12-29(16-35(25)26,21-7-5-4-6-8-21)33-28(37)27-19(2)14-22(15-23(27)30)36-17-31-20(3)34-36/h4-10,13-15,17H,11-12,16H2,1-3H3,(H,33,37)/t29-/m1/s1. The minimum absolute atomic E-state index is 0.198. The zero-order valence-corrected chi connectivity index (χ0v) is 21.8. The summed E-state index contributed by atoms with van der Waals surface area (Å²) < 4.78 is 3.91. The molecule has 0 fully saturated rings. The highest BCUT2D eigenvalue weighted by Gasteiger charge is 2.39. The third-order valence-electron chi connectivity index (χ3n) is 7.24. The lowest BCUT2D eigenvalue weighted by molar-refractivity contribution is 0.0866. The quantitative estimate of drug-likeness (QED) is 0.348. The highest BCUT2D eigenvalue weighted by Crippen LogP contribution is 2.36. The Morgan fingerprint density at radius 2 is 1.86 bits per heavy atom. The van der Waals surface area contributed by atoms with Crippen LogP contribution in [0.5, 0.6) is 0 Å². The van der Waals surface area contributed by atoms with Crippen molar-refractivity contribution in [2.75, 3.05) is 0 Å². The lowest BCUT2D eigenvalue weighted by atomic mass is 9.82. The van der Waals surface area contributed by atoms with Gasteiger partial charge in [-0.2, -0.15) is 5.10 Å². The smallest absolute Gasteiger partial charge is 0.253 e. The fraction of sp³-hybridized carbons (Fsp3) is 0.241. The number of aryl methyl sites for hydroxylation is 4. The van der Waals surface area contributed by atoms with Crippen molar-refractivity contribution >= 4 is 28.5 Å². The molecule has 0 bridgehead atoms. The number of carbonyl (C=O) groups is 1. The van der Waals surface area contributed by atoms with Crippen molar-refractivity contribution in [3.05, 3.63) is 106 Å². The summed E-state index contributed by atoms with van der Waals surface area (Å²) in [5.41, 5.74) is 5.71. The van der Waals surface area contributed by atoms with E-state index in [0.29, 0.717) is 23.0 Å². The fourth-order valence-electron chi connectivity index (χ4n) is 5.39. The third-order valence-corrected chi connectivity index (χ3v) is 7.53. The van der Waals surface area contributed by atoms with Crippen LogP contribution in [0.1, 0.15) is 45.1 Å². The third kappa shape index (κ3) is 4.09. The van der Waals surface area contributed by atoms with Crippen molar-refractivity contribution in [1.29, 1.82) is 0 Å². The molecule has 1 aliphatic rings. The van der Waals surface area contributed by atoms with Crippen molar-refractivity contribution in [1.82, 2.24) is 29.6 Å². The molecule has 37 heavy (non-hydrogen) atoms. The highest BCUT2D eigenvalue weighted by molar-refractivity contribution is 6.34. The number of benzene rings is 3. The van der Waals surface area contributed by atoms with Crippen LogP contribution in [0.15, 0.2) is 67.0 Å². The topological polar surface area (TPSA) is 77.6 Å². The number of hydrogen-bond donors (Lipinski definition) is 1. The molecule has 1 N–H and O–H groups in total. The minimum Gasteiger partial charge on any atom is -0.341 e. The van der Waals surface area contributed by atoms with Crippen molar-refractivity contribution < 1.29 is 4.79 Å². The maximum absolute atomic E-state index is 13.9. The molecule has 186 valence electrons.